The van der Waals surface area contributed by atoms with Crippen LogP contribution in [0.4, 0.5) is 0 Å². The number of imidazole rings is 1. The van der Waals surface area contributed by atoms with Gasteiger partial charge in [-0.25, -0.2) is 4.98 Å². The zero-order valence-corrected chi connectivity index (χ0v) is 15.0. The third kappa shape index (κ3) is 3.47. The second-order valence-corrected chi connectivity index (χ2v) is 7.43. The lowest BCUT2D eigenvalue weighted by molar-refractivity contribution is 0.729. The second kappa shape index (κ2) is 7.16. The summed E-state index contributed by atoms with van der Waals surface area (Å²) in [6, 6.07) is 29.6. The molecule has 1 heterocycles. The molecule has 0 saturated carbocycles. The van der Waals surface area contributed by atoms with E-state index in [0.717, 1.165) is 17.2 Å². The molecule has 0 aliphatic carbocycles. The Morgan fingerprint density at radius 2 is 1.48 bits per heavy atom. The van der Waals surface area contributed by atoms with E-state index >= 15 is 0 Å². The van der Waals surface area contributed by atoms with Crippen LogP contribution in [-0.4, -0.2) is 9.55 Å². The summed E-state index contributed by atoms with van der Waals surface area (Å²) in [6.07, 6.45) is 0. The lowest BCUT2D eigenvalue weighted by atomic mass is 10.2. The normalized spacial score (nSPS) is 12.4. The van der Waals surface area contributed by atoms with E-state index in [1.54, 1.807) is 0 Å². The van der Waals surface area contributed by atoms with Crippen LogP contribution in [0.1, 0.15) is 23.3 Å². The number of benzene rings is 3. The summed E-state index contributed by atoms with van der Waals surface area (Å²) in [7, 11) is 0. The fourth-order valence-corrected chi connectivity index (χ4v) is 4.06. The van der Waals surface area contributed by atoms with Crippen molar-refractivity contribution in [1.82, 2.24) is 9.55 Å². The third-order valence-corrected chi connectivity index (χ3v) is 5.50. The molecule has 4 aromatic rings. The number of thioether (sulfide) groups is 1. The van der Waals surface area contributed by atoms with Crippen molar-refractivity contribution < 1.29 is 0 Å². The quantitative estimate of drug-likeness (QED) is 0.417. The third-order valence-electron chi connectivity index (χ3n) is 4.35. The van der Waals surface area contributed by atoms with Gasteiger partial charge in [-0.3, -0.25) is 0 Å². The molecule has 3 aromatic carbocycles. The molecule has 3 heteroatoms. The van der Waals surface area contributed by atoms with Gasteiger partial charge in [-0.15, -0.1) is 0 Å². The average molecular weight is 344 g/mol. The molecule has 2 nitrogen and oxygen atoms in total. The summed E-state index contributed by atoms with van der Waals surface area (Å²) >= 11 is 1.82. The van der Waals surface area contributed by atoms with E-state index in [1.165, 1.54) is 16.6 Å². The van der Waals surface area contributed by atoms with Crippen molar-refractivity contribution in [1.29, 1.82) is 0 Å². The molecule has 0 aliphatic heterocycles. The summed E-state index contributed by atoms with van der Waals surface area (Å²) in [4.78, 5) is 4.90. The lowest BCUT2D eigenvalue weighted by Gasteiger charge is -2.13. The van der Waals surface area contributed by atoms with Gasteiger partial charge in [0.25, 0.3) is 0 Å². The van der Waals surface area contributed by atoms with Crippen LogP contribution in [0.15, 0.2) is 90.1 Å². The first-order valence-corrected chi connectivity index (χ1v) is 9.40. The van der Waals surface area contributed by atoms with Crippen molar-refractivity contribution >= 4 is 22.8 Å². The number of rotatable bonds is 5. The number of hydrogen-bond acceptors (Lipinski definition) is 2. The van der Waals surface area contributed by atoms with Crippen molar-refractivity contribution in [3.05, 3.63) is 96.1 Å². The van der Waals surface area contributed by atoms with Gasteiger partial charge < -0.3 is 4.57 Å². The highest BCUT2D eigenvalue weighted by atomic mass is 32.2. The molecule has 4 rings (SSSR count). The molecule has 0 bridgehead atoms. The monoisotopic (exact) mass is 344 g/mol. The smallest absolute Gasteiger partial charge is 0.169 e. The van der Waals surface area contributed by atoms with Crippen molar-refractivity contribution in [2.24, 2.45) is 0 Å². The number of hydrogen-bond donors (Lipinski definition) is 0. The maximum absolute atomic E-state index is 4.90. The molecule has 0 radical (unpaired) electrons. The molecule has 0 spiro atoms. The zero-order chi connectivity index (χ0) is 17.1. The highest BCUT2D eigenvalue weighted by molar-refractivity contribution is 7.99. The Balaban J connectivity index is 1.71. The van der Waals surface area contributed by atoms with Gasteiger partial charge in [-0.05, 0) is 30.2 Å². The minimum atomic E-state index is 0.354. The van der Waals surface area contributed by atoms with Crippen LogP contribution in [0.3, 0.4) is 0 Å². The maximum Gasteiger partial charge on any atom is 0.169 e. The van der Waals surface area contributed by atoms with E-state index in [2.05, 4.69) is 96.4 Å². The van der Waals surface area contributed by atoms with Crippen LogP contribution >= 0.6 is 11.8 Å². The molecule has 1 atom stereocenters. The molecule has 25 heavy (non-hydrogen) atoms. The predicted molar refractivity (Wildman–Crippen MR) is 106 cm³/mol. The van der Waals surface area contributed by atoms with Gasteiger partial charge in [-0.2, -0.15) is 0 Å². The van der Waals surface area contributed by atoms with Gasteiger partial charge >= 0.3 is 0 Å². The summed E-state index contributed by atoms with van der Waals surface area (Å²) < 4.78 is 2.33. The number of aromatic nitrogens is 2. The fourth-order valence-electron chi connectivity index (χ4n) is 3.01. The highest BCUT2D eigenvalue weighted by Gasteiger charge is 2.15. The summed E-state index contributed by atoms with van der Waals surface area (Å²) in [5, 5.41) is 1.42. The Morgan fingerprint density at radius 3 is 2.24 bits per heavy atom. The van der Waals surface area contributed by atoms with E-state index in [-0.39, 0.29) is 0 Å². The summed E-state index contributed by atoms with van der Waals surface area (Å²) in [6.45, 7) is 3.08. The fraction of sp³-hybridized carbons (Fsp3) is 0.136. The molecule has 0 saturated heterocycles. The van der Waals surface area contributed by atoms with Gasteiger partial charge in [0, 0.05) is 5.25 Å². The first kappa shape index (κ1) is 16.0. The second-order valence-electron chi connectivity index (χ2n) is 6.13. The predicted octanol–water partition coefficient (Wildman–Crippen LogP) is 5.94. The van der Waals surface area contributed by atoms with E-state index < -0.39 is 0 Å². The molecule has 0 aliphatic rings. The van der Waals surface area contributed by atoms with Crippen LogP contribution in [0, 0.1) is 0 Å². The molecule has 1 aromatic heterocycles. The average Bonchev–Trinajstić information content (AvgIpc) is 3.00. The van der Waals surface area contributed by atoms with E-state index in [1.807, 2.05) is 11.8 Å². The van der Waals surface area contributed by atoms with E-state index in [0.29, 0.717) is 5.25 Å². The summed E-state index contributed by atoms with van der Waals surface area (Å²) in [5.41, 5.74) is 4.86. The Kier molecular flexibility index (Phi) is 4.57. The zero-order valence-electron chi connectivity index (χ0n) is 14.2. The largest absolute Gasteiger partial charge is 0.314 e. The van der Waals surface area contributed by atoms with Crippen LogP contribution in [-0.2, 0) is 6.54 Å². The first-order chi connectivity index (χ1) is 12.3. The van der Waals surface area contributed by atoms with E-state index in [9.17, 15) is 0 Å². The van der Waals surface area contributed by atoms with Crippen LogP contribution in [0.2, 0.25) is 0 Å². The summed E-state index contributed by atoms with van der Waals surface area (Å²) in [5.74, 6) is 0. The van der Waals surface area contributed by atoms with E-state index in [4.69, 9.17) is 4.98 Å². The number of fused-ring (bicyclic) bond motifs is 1. The van der Waals surface area contributed by atoms with Gasteiger partial charge in [-0.1, -0.05) is 84.6 Å². The standard InChI is InChI=1S/C22H20N2S/c1-17(19-12-6-3-7-13-19)25-22-23-20-14-8-9-15-21(20)24(22)16-18-10-4-2-5-11-18/h2-15,17H,16H2,1H3. The maximum atomic E-state index is 4.90. The van der Waals surface area contributed by atoms with Crippen molar-refractivity contribution in [3.8, 4) is 0 Å². The molecular formula is C22H20N2S. The number of nitrogens with zero attached hydrogens (tertiary/aromatic N) is 2. The van der Waals surface area contributed by atoms with Crippen LogP contribution < -0.4 is 0 Å². The molecule has 0 N–H and O–H groups in total. The molecule has 0 fully saturated rings. The lowest BCUT2D eigenvalue weighted by Crippen LogP contribution is -2.02. The van der Waals surface area contributed by atoms with Crippen LogP contribution in [0.25, 0.3) is 11.0 Å². The SMILES string of the molecule is CC(Sc1nc2ccccc2n1Cc1ccccc1)c1ccccc1. The van der Waals surface area contributed by atoms with Crippen molar-refractivity contribution in [2.75, 3.05) is 0 Å². The Hall–Kier alpha value is -2.52. The minimum Gasteiger partial charge on any atom is -0.314 e. The molecular weight excluding hydrogens is 324 g/mol. The van der Waals surface area contributed by atoms with Crippen molar-refractivity contribution in [3.63, 3.8) is 0 Å². The van der Waals surface area contributed by atoms with Gasteiger partial charge in [0.05, 0.1) is 17.6 Å². The molecule has 124 valence electrons. The highest BCUT2D eigenvalue weighted by Crippen LogP contribution is 2.36. The Labute approximate surface area is 152 Å². The van der Waals surface area contributed by atoms with Gasteiger partial charge in [0.2, 0.25) is 0 Å². The van der Waals surface area contributed by atoms with Gasteiger partial charge in [0.1, 0.15) is 0 Å². The van der Waals surface area contributed by atoms with Gasteiger partial charge in [0.15, 0.2) is 5.16 Å². The Morgan fingerprint density at radius 1 is 0.840 bits per heavy atom. The molecule has 1 unspecified atom stereocenters. The Bertz CT molecular complexity index is 961. The molecule has 0 amide bonds. The minimum absolute atomic E-state index is 0.354. The number of para-hydroxylation sites is 2. The van der Waals surface area contributed by atoms with Crippen LogP contribution in [0.5, 0.6) is 0 Å². The topological polar surface area (TPSA) is 17.8 Å². The van der Waals surface area contributed by atoms with Crippen molar-refractivity contribution in [2.45, 2.75) is 23.9 Å². The first-order valence-electron chi connectivity index (χ1n) is 8.52.